The van der Waals surface area contributed by atoms with Crippen molar-refractivity contribution in [3.05, 3.63) is 29.3 Å². The van der Waals surface area contributed by atoms with Crippen molar-refractivity contribution in [3.8, 4) is 0 Å². The lowest BCUT2D eigenvalue weighted by atomic mass is 10.1. The van der Waals surface area contributed by atoms with E-state index in [0.717, 1.165) is 26.2 Å². The van der Waals surface area contributed by atoms with Crippen LogP contribution in [0.2, 0.25) is 0 Å². The van der Waals surface area contributed by atoms with E-state index in [1.165, 1.54) is 16.8 Å². The van der Waals surface area contributed by atoms with Gasteiger partial charge in [-0.25, -0.2) is 0 Å². The summed E-state index contributed by atoms with van der Waals surface area (Å²) in [7, 11) is 0. The molecular formula is C14H20ClNO. The van der Waals surface area contributed by atoms with Gasteiger partial charge in [-0.2, -0.15) is 0 Å². The predicted molar refractivity (Wildman–Crippen MR) is 73.0 cm³/mol. The number of hydrogen-bond acceptors (Lipinski definition) is 2. The van der Waals surface area contributed by atoms with Crippen molar-refractivity contribution in [3.63, 3.8) is 0 Å². The first kappa shape index (κ1) is 12.7. The Morgan fingerprint density at radius 1 is 1.47 bits per heavy atom. The van der Waals surface area contributed by atoms with Crippen LogP contribution in [-0.2, 0) is 10.6 Å². The first-order chi connectivity index (χ1) is 8.26. The van der Waals surface area contributed by atoms with Gasteiger partial charge in [0.25, 0.3) is 0 Å². The summed E-state index contributed by atoms with van der Waals surface area (Å²) < 4.78 is 5.54. The highest BCUT2D eigenvalue weighted by atomic mass is 35.5. The van der Waals surface area contributed by atoms with E-state index >= 15 is 0 Å². The van der Waals surface area contributed by atoms with Gasteiger partial charge in [0.15, 0.2) is 0 Å². The molecular weight excluding hydrogens is 234 g/mol. The Morgan fingerprint density at radius 2 is 2.29 bits per heavy atom. The normalized spacial score (nSPS) is 20.6. The molecule has 0 N–H and O–H groups in total. The highest BCUT2D eigenvalue weighted by Crippen LogP contribution is 2.24. The SMILES string of the molecule is CCC1COCCN1c1ccc(CCl)c(C)c1. The highest BCUT2D eigenvalue weighted by molar-refractivity contribution is 6.17. The molecule has 17 heavy (non-hydrogen) atoms. The maximum Gasteiger partial charge on any atom is 0.0670 e. The molecule has 1 unspecified atom stereocenters. The molecule has 1 aromatic carbocycles. The lowest BCUT2D eigenvalue weighted by Gasteiger charge is -2.37. The molecule has 2 rings (SSSR count). The highest BCUT2D eigenvalue weighted by Gasteiger charge is 2.21. The van der Waals surface area contributed by atoms with E-state index in [0.29, 0.717) is 11.9 Å². The molecule has 0 bridgehead atoms. The molecule has 94 valence electrons. The molecule has 0 aromatic heterocycles. The van der Waals surface area contributed by atoms with Crippen LogP contribution in [0.3, 0.4) is 0 Å². The summed E-state index contributed by atoms with van der Waals surface area (Å²) in [5, 5.41) is 0. The maximum atomic E-state index is 5.89. The number of hydrogen-bond donors (Lipinski definition) is 0. The van der Waals surface area contributed by atoms with E-state index in [1.807, 2.05) is 0 Å². The fraction of sp³-hybridized carbons (Fsp3) is 0.571. The molecule has 0 radical (unpaired) electrons. The van der Waals surface area contributed by atoms with Gasteiger partial charge in [0.05, 0.1) is 19.3 Å². The minimum Gasteiger partial charge on any atom is -0.377 e. The van der Waals surface area contributed by atoms with Gasteiger partial charge in [-0.15, -0.1) is 11.6 Å². The second-order valence-corrected chi connectivity index (χ2v) is 4.84. The molecule has 1 aromatic rings. The summed E-state index contributed by atoms with van der Waals surface area (Å²) in [5.41, 5.74) is 3.79. The molecule has 1 fully saturated rings. The summed E-state index contributed by atoms with van der Waals surface area (Å²) in [6, 6.07) is 7.06. The molecule has 1 saturated heterocycles. The van der Waals surface area contributed by atoms with E-state index < -0.39 is 0 Å². The zero-order valence-electron chi connectivity index (χ0n) is 10.6. The Labute approximate surface area is 109 Å². The molecule has 1 atom stereocenters. The number of alkyl halides is 1. The third-order valence-corrected chi connectivity index (χ3v) is 3.79. The Bertz CT molecular complexity index is 380. The van der Waals surface area contributed by atoms with Gasteiger partial charge >= 0.3 is 0 Å². The third kappa shape index (κ3) is 2.75. The number of morpholine rings is 1. The van der Waals surface area contributed by atoms with E-state index in [-0.39, 0.29) is 0 Å². The first-order valence-corrected chi connectivity index (χ1v) is 6.79. The molecule has 1 aliphatic rings. The van der Waals surface area contributed by atoms with Crippen molar-refractivity contribution < 1.29 is 4.74 Å². The van der Waals surface area contributed by atoms with Gasteiger partial charge < -0.3 is 9.64 Å². The van der Waals surface area contributed by atoms with Crippen LogP contribution in [0.25, 0.3) is 0 Å². The Hall–Kier alpha value is -0.730. The Kier molecular flexibility index (Phi) is 4.30. The second-order valence-electron chi connectivity index (χ2n) is 4.57. The zero-order valence-corrected chi connectivity index (χ0v) is 11.3. The van der Waals surface area contributed by atoms with E-state index in [4.69, 9.17) is 16.3 Å². The summed E-state index contributed by atoms with van der Waals surface area (Å²) >= 11 is 5.89. The number of benzene rings is 1. The van der Waals surface area contributed by atoms with Crippen LogP contribution in [0.15, 0.2) is 18.2 Å². The number of anilines is 1. The first-order valence-electron chi connectivity index (χ1n) is 6.26. The molecule has 2 nitrogen and oxygen atoms in total. The van der Waals surface area contributed by atoms with Crippen molar-refractivity contribution in [1.29, 1.82) is 0 Å². The summed E-state index contributed by atoms with van der Waals surface area (Å²) in [6.45, 7) is 6.99. The number of ether oxygens (including phenoxy) is 1. The van der Waals surface area contributed by atoms with E-state index in [2.05, 4.69) is 36.9 Å². The van der Waals surface area contributed by atoms with Crippen molar-refractivity contribution in [2.24, 2.45) is 0 Å². The topological polar surface area (TPSA) is 12.5 Å². The van der Waals surface area contributed by atoms with Gasteiger partial charge in [-0.05, 0) is 36.6 Å². The van der Waals surface area contributed by atoms with Crippen LogP contribution in [0.5, 0.6) is 0 Å². The molecule has 1 heterocycles. The van der Waals surface area contributed by atoms with Crippen molar-refractivity contribution >= 4 is 17.3 Å². The number of rotatable bonds is 3. The van der Waals surface area contributed by atoms with Crippen molar-refractivity contribution in [2.45, 2.75) is 32.2 Å². The zero-order chi connectivity index (χ0) is 12.3. The van der Waals surface area contributed by atoms with Gasteiger partial charge in [0.1, 0.15) is 0 Å². The predicted octanol–water partition coefficient (Wildman–Crippen LogP) is 3.35. The van der Waals surface area contributed by atoms with Crippen LogP contribution in [-0.4, -0.2) is 25.8 Å². The third-order valence-electron chi connectivity index (χ3n) is 3.50. The lowest BCUT2D eigenvalue weighted by molar-refractivity contribution is 0.0930. The molecule has 3 heteroatoms. The quantitative estimate of drug-likeness (QED) is 0.766. The maximum absolute atomic E-state index is 5.89. The van der Waals surface area contributed by atoms with Gasteiger partial charge in [-0.3, -0.25) is 0 Å². The number of halogens is 1. The van der Waals surface area contributed by atoms with Gasteiger partial charge in [0, 0.05) is 18.1 Å². The fourth-order valence-electron chi connectivity index (χ4n) is 2.34. The minimum atomic E-state index is 0.505. The minimum absolute atomic E-state index is 0.505. The molecule has 1 aliphatic heterocycles. The average Bonchev–Trinajstić information content (AvgIpc) is 2.38. The van der Waals surface area contributed by atoms with Gasteiger partial charge in [0.2, 0.25) is 0 Å². The van der Waals surface area contributed by atoms with Crippen molar-refractivity contribution in [2.75, 3.05) is 24.7 Å². The smallest absolute Gasteiger partial charge is 0.0670 e. The van der Waals surface area contributed by atoms with Crippen LogP contribution in [0.4, 0.5) is 5.69 Å². The molecule has 0 spiro atoms. The largest absolute Gasteiger partial charge is 0.377 e. The van der Waals surface area contributed by atoms with Crippen LogP contribution in [0, 0.1) is 6.92 Å². The Balaban J connectivity index is 2.23. The van der Waals surface area contributed by atoms with Crippen LogP contribution >= 0.6 is 11.6 Å². The molecule has 0 aliphatic carbocycles. The van der Waals surface area contributed by atoms with E-state index in [9.17, 15) is 0 Å². The Morgan fingerprint density at radius 3 is 2.94 bits per heavy atom. The standard InChI is InChI=1S/C14H20ClNO/c1-3-13-10-17-7-6-16(13)14-5-4-12(9-15)11(2)8-14/h4-5,8,13H,3,6-7,9-10H2,1-2H3. The van der Waals surface area contributed by atoms with Crippen molar-refractivity contribution in [1.82, 2.24) is 0 Å². The molecule has 0 saturated carbocycles. The number of aryl methyl sites for hydroxylation is 1. The lowest BCUT2D eigenvalue weighted by Crippen LogP contribution is -2.45. The monoisotopic (exact) mass is 253 g/mol. The fourth-order valence-corrected chi connectivity index (χ4v) is 2.64. The average molecular weight is 254 g/mol. The van der Waals surface area contributed by atoms with Crippen LogP contribution < -0.4 is 4.90 Å². The number of nitrogens with zero attached hydrogens (tertiary/aromatic N) is 1. The summed E-state index contributed by atoms with van der Waals surface area (Å²) in [5.74, 6) is 0.590. The molecule has 0 amide bonds. The van der Waals surface area contributed by atoms with Gasteiger partial charge in [-0.1, -0.05) is 13.0 Å². The summed E-state index contributed by atoms with van der Waals surface area (Å²) in [4.78, 5) is 2.45. The second kappa shape index (κ2) is 5.74. The summed E-state index contributed by atoms with van der Waals surface area (Å²) in [6.07, 6.45) is 1.12. The van der Waals surface area contributed by atoms with Crippen LogP contribution in [0.1, 0.15) is 24.5 Å². The van der Waals surface area contributed by atoms with E-state index in [1.54, 1.807) is 0 Å².